The summed E-state index contributed by atoms with van der Waals surface area (Å²) in [5, 5.41) is 12.8. The van der Waals surface area contributed by atoms with Gasteiger partial charge in [-0.3, -0.25) is 9.59 Å². The Balaban J connectivity index is 1.67. The quantitative estimate of drug-likeness (QED) is 0.416. The zero-order chi connectivity index (χ0) is 24.9. The Morgan fingerprint density at radius 3 is 2.63 bits per heavy atom. The van der Waals surface area contributed by atoms with E-state index in [2.05, 4.69) is 20.3 Å². The van der Waals surface area contributed by atoms with E-state index in [0.717, 1.165) is 21.1 Å². The number of para-hydroxylation sites is 1. The van der Waals surface area contributed by atoms with Gasteiger partial charge in [0, 0.05) is 29.1 Å². The van der Waals surface area contributed by atoms with Crippen molar-refractivity contribution in [1.29, 1.82) is 0 Å². The molecule has 3 aromatic rings. The van der Waals surface area contributed by atoms with Crippen LogP contribution in [0.15, 0.2) is 36.4 Å². The van der Waals surface area contributed by atoms with Crippen LogP contribution >= 0.6 is 34.7 Å². The van der Waals surface area contributed by atoms with Crippen molar-refractivity contribution in [1.82, 2.24) is 10.2 Å². The van der Waals surface area contributed by atoms with Gasteiger partial charge >= 0.3 is 5.97 Å². The molecule has 184 valence electrons. The molecule has 0 saturated carbocycles. The van der Waals surface area contributed by atoms with Crippen LogP contribution < -0.4 is 14.8 Å². The standard InChI is InChI=1S/C24H24ClN3O5S2/c1-31-17-6-4-5-14(22(17)33-3)23-15-11-13(25)7-8-16(15)26-24(30)18(34-23)12-20-28-27-19(35-20)9-10-21(29)32-2/h4-8,11,18,23H,9-10,12H2,1-3H3,(H,26,30)/t18-,23-/m1/s1. The second kappa shape index (κ2) is 11.3. The van der Waals surface area contributed by atoms with Crippen LogP contribution in [0.5, 0.6) is 11.5 Å². The third-order valence-corrected chi connectivity index (χ3v) is 8.23. The van der Waals surface area contributed by atoms with E-state index in [1.54, 1.807) is 20.3 Å². The summed E-state index contributed by atoms with van der Waals surface area (Å²) in [5.41, 5.74) is 2.44. The number of aromatic nitrogens is 2. The maximum atomic E-state index is 13.3. The molecule has 11 heteroatoms. The lowest BCUT2D eigenvalue weighted by Crippen LogP contribution is -2.26. The molecular weight excluding hydrogens is 510 g/mol. The topological polar surface area (TPSA) is 99.6 Å². The highest BCUT2D eigenvalue weighted by Gasteiger charge is 2.34. The Morgan fingerprint density at radius 1 is 1.09 bits per heavy atom. The molecule has 0 spiro atoms. The lowest BCUT2D eigenvalue weighted by atomic mass is 10.0. The maximum absolute atomic E-state index is 13.3. The molecule has 35 heavy (non-hydrogen) atoms. The average molecular weight is 534 g/mol. The first-order chi connectivity index (χ1) is 16.9. The SMILES string of the molecule is COC(=O)CCc1nnc(C[C@H]2S[C@H](c3cccc(OC)c3OC)c3cc(Cl)ccc3NC2=O)s1. The van der Waals surface area contributed by atoms with Crippen LogP contribution in [0.2, 0.25) is 5.02 Å². The number of amides is 1. The summed E-state index contributed by atoms with van der Waals surface area (Å²) in [6, 6.07) is 11.1. The largest absolute Gasteiger partial charge is 0.493 e. The highest BCUT2D eigenvalue weighted by Crippen LogP contribution is 2.50. The maximum Gasteiger partial charge on any atom is 0.305 e. The third kappa shape index (κ3) is 5.71. The van der Waals surface area contributed by atoms with Gasteiger partial charge in [0.05, 0.1) is 38.3 Å². The summed E-state index contributed by atoms with van der Waals surface area (Å²) in [4.78, 5) is 24.7. The van der Waals surface area contributed by atoms with Gasteiger partial charge in [-0.15, -0.1) is 33.3 Å². The molecule has 2 aromatic carbocycles. The zero-order valence-electron chi connectivity index (χ0n) is 19.4. The number of ether oxygens (including phenoxy) is 3. The van der Waals surface area contributed by atoms with E-state index in [-0.39, 0.29) is 23.5 Å². The molecule has 1 aliphatic rings. The van der Waals surface area contributed by atoms with E-state index < -0.39 is 5.25 Å². The number of nitrogens with zero attached hydrogens (tertiary/aromatic N) is 2. The summed E-state index contributed by atoms with van der Waals surface area (Å²) in [5.74, 6) is 0.780. The molecule has 0 bridgehead atoms. The number of halogens is 1. The number of anilines is 1. The van der Waals surface area contributed by atoms with Crippen LogP contribution in [0, 0.1) is 0 Å². The molecule has 4 rings (SSSR count). The van der Waals surface area contributed by atoms with Crippen LogP contribution in [-0.4, -0.2) is 48.7 Å². The van der Waals surface area contributed by atoms with Gasteiger partial charge in [0.2, 0.25) is 5.91 Å². The number of esters is 1. The predicted molar refractivity (Wildman–Crippen MR) is 137 cm³/mol. The van der Waals surface area contributed by atoms with E-state index in [1.165, 1.54) is 30.2 Å². The van der Waals surface area contributed by atoms with Gasteiger partial charge in [-0.05, 0) is 29.8 Å². The van der Waals surface area contributed by atoms with Crippen molar-refractivity contribution in [2.45, 2.75) is 29.8 Å². The van der Waals surface area contributed by atoms with Gasteiger partial charge in [-0.2, -0.15) is 0 Å². The van der Waals surface area contributed by atoms with Gasteiger partial charge < -0.3 is 19.5 Å². The van der Waals surface area contributed by atoms with Crippen molar-refractivity contribution in [2.75, 3.05) is 26.6 Å². The van der Waals surface area contributed by atoms with E-state index >= 15 is 0 Å². The van der Waals surface area contributed by atoms with Crippen LogP contribution in [0.25, 0.3) is 0 Å². The van der Waals surface area contributed by atoms with Crippen molar-refractivity contribution in [3.8, 4) is 11.5 Å². The lowest BCUT2D eigenvalue weighted by Gasteiger charge is -2.23. The number of nitrogens with one attached hydrogen (secondary N) is 1. The van der Waals surface area contributed by atoms with Gasteiger partial charge in [0.1, 0.15) is 10.0 Å². The molecule has 0 aliphatic carbocycles. The Hall–Kier alpha value is -2.82. The number of fused-ring (bicyclic) bond motifs is 1. The molecule has 2 heterocycles. The van der Waals surface area contributed by atoms with Crippen molar-refractivity contribution in [2.24, 2.45) is 0 Å². The molecule has 1 aliphatic heterocycles. The van der Waals surface area contributed by atoms with E-state index in [1.807, 2.05) is 30.3 Å². The molecule has 8 nitrogen and oxygen atoms in total. The molecule has 1 N–H and O–H groups in total. The number of benzene rings is 2. The summed E-state index contributed by atoms with van der Waals surface area (Å²) in [6.45, 7) is 0. The van der Waals surface area contributed by atoms with Gasteiger partial charge in [-0.1, -0.05) is 23.7 Å². The van der Waals surface area contributed by atoms with Crippen molar-refractivity contribution in [3.63, 3.8) is 0 Å². The smallest absolute Gasteiger partial charge is 0.305 e. The fourth-order valence-electron chi connectivity index (χ4n) is 3.82. The fraction of sp³-hybridized carbons (Fsp3) is 0.333. The first kappa shape index (κ1) is 25.3. The van der Waals surface area contributed by atoms with Crippen LogP contribution in [0.3, 0.4) is 0 Å². The molecule has 0 unspecified atom stereocenters. The number of rotatable bonds is 8. The Labute approximate surface area is 216 Å². The minimum atomic E-state index is -0.455. The third-order valence-electron chi connectivity index (χ3n) is 5.50. The number of hydrogen-bond donors (Lipinski definition) is 1. The van der Waals surface area contributed by atoms with Crippen LogP contribution in [0.1, 0.15) is 32.8 Å². The van der Waals surface area contributed by atoms with E-state index in [0.29, 0.717) is 35.1 Å². The van der Waals surface area contributed by atoms with Gasteiger partial charge in [0.25, 0.3) is 0 Å². The lowest BCUT2D eigenvalue weighted by molar-refractivity contribution is -0.140. The van der Waals surface area contributed by atoms with E-state index in [9.17, 15) is 9.59 Å². The summed E-state index contributed by atoms with van der Waals surface area (Å²) in [7, 11) is 4.54. The molecule has 0 fully saturated rings. The Bertz CT molecular complexity index is 1240. The number of carbonyl (C=O) groups is 2. The minimum Gasteiger partial charge on any atom is -0.493 e. The summed E-state index contributed by atoms with van der Waals surface area (Å²) < 4.78 is 15.9. The second-order valence-corrected chi connectivity index (χ2v) is 10.6. The number of hydrogen-bond acceptors (Lipinski definition) is 9. The predicted octanol–water partition coefficient (Wildman–Crippen LogP) is 4.70. The highest BCUT2D eigenvalue weighted by atomic mass is 35.5. The minimum absolute atomic E-state index is 0.130. The number of thioether (sulfide) groups is 1. The number of aryl methyl sites for hydroxylation is 1. The van der Waals surface area contributed by atoms with Gasteiger partial charge in [0.15, 0.2) is 11.5 Å². The first-order valence-corrected chi connectivity index (χ1v) is 12.9. The molecule has 1 amide bonds. The molecule has 1 aromatic heterocycles. The molecule has 0 radical (unpaired) electrons. The summed E-state index contributed by atoms with van der Waals surface area (Å²) >= 11 is 9.25. The molecule has 0 saturated heterocycles. The monoisotopic (exact) mass is 533 g/mol. The Morgan fingerprint density at radius 2 is 1.89 bits per heavy atom. The highest BCUT2D eigenvalue weighted by molar-refractivity contribution is 8.01. The number of carbonyl (C=O) groups excluding carboxylic acids is 2. The van der Waals surface area contributed by atoms with Crippen molar-refractivity contribution < 1.29 is 23.8 Å². The fourth-order valence-corrected chi connectivity index (χ4v) is 6.43. The number of methoxy groups -OCH3 is 3. The second-order valence-electron chi connectivity index (χ2n) is 7.68. The van der Waals surface area contributed by atoms with Gasteiger partial charge in [-0.25, -0.2) is 0 Å². The average Bonchev–Trinajstić information content (AvgIpc) is 3.27. The summed E-state index contributed by atoms with van der Waals surface area (Å²) in [6.07, 6.45) is 1.07. The van der Waals surface area contributed by atoms with Crippen LogP contribution in [0.4, 0.5) is 5.69 Å². The van der Waals surface area contributed by atoms with Crippen LogP contribution in [-0.2, 0) is 27.2 Å². The van der Waals surface area contributed by atoms with Crippen molar-refractivity contribution in [3.05, 3.63) is 62.6 Å². The molecular formula is C24H24ClN3O5S2. The molecule has 2 atom stereocenters. The Kier molecular flexibility index (Phi) is 8.15. The normalized spacial score (nSPS) is 17.2. The van der Waals surface area contributed by atoms with E-state index in [4.69, 9.17) is 21.1 Å². The first-order valence-electron chi connectivity index (χ1n) is 10.8. The zero-order valence-corrected chi connectivity index (χ0v) is 21.8. The van der Waals surface area contributed by atoms with Crippen molar-refractivity contribution >= 4 is 52.3 Å².